The lowest BCUT2D eigenvalue weighted by atomic mass is 10.0. The Morgan fingerprint density at radius 1 is 1.19 bits per heavy atom. The smallest absolute Gasteiger partial charge is 0.337 e. The van der Waals surface area contributed by atoms with Gasteiger partial charge in [0.1, 0.15) is 11.4 Å². The summed E-state index contributed by atoms with van der Waals surface area (Å²) in [7, 11) is 1.29. The number of carbonyl (C=O) groups is 2. The molecule has 0 saturated heterocycles. The number of methoxy groups -OCH3 is 1. The molecule has 0 unspecified atom stereocenters. The van der Waals surface area contributed by atoms with E-state index in [0.717, 1.165) is 16.0 Å². The lowest BCUT2D eigenvalue weighted by Crippen LogP contribution is -2.27. The number of ether oxygens (including phenoxy) is 1. The van der Waals surface area contributed by atoms with Crippen LogP contribution in [0.2, 0.25) is 5.02 Å². The zero-order chi connectivity index (χ0) is 22.8. The maximum atomic E-state index is 13.2. The summed E-state index contributed by atoms with van der Waals surface area (Å²) in [6, 6.07) is 13.6. The Hall–Kier alpha value is -3.49. The molecule has 0 bridgehead atoms. The number of fused-ring (bicyclic) bond motifs is 1. The van der Waals surface area contributed by atoms with Gasteiger partial charge in [-0.25, -0.2) is 9.78 Å². The van der Waals surface area contributed by atoms with Crippen LogP contribution in [0.15, 0.2) is 59.7 Å². The van der Waals surface area contributed by atoms with Gasteiger partial charge in [0, 0.05) is 21.2 Å². The summed E-state index contributed by atoms with van der Waals surface area (Å²) in [6.07, 6.45) is 1.37. The number of benzene rings is 2. The van der Waals surface area contributed by atoms with Crippen molar-refractivity contribution in [3.63, 3.8) is 0 Å². The van der Waals surface area contributed by atoms with Gasteiger partial charge >= 0.3 is 5.97 Å². The summed E-state index contributed by atoms with van der Waals surface area (Å²) in [5, 5.41) is 3.77. The summed E-state index contributed by atoms with van der Waals surface area (Å²) in [5.74, 6) is -0.926. The fourth-order valence-corrected chi connectivity index (χ4v) is 4.54. The van der Waals surface area contributed by atoms with Crippen molar-refractivity contribution in [3.05, 3.63) is 80.7 Å². The summed E-state index contributed by atoms with van der Waals surface area (Å²) in [6.45, 7) is 1.71. The molecule has 0 aliphatic carbocycles. The van der Waals surface area contributed by atoms with E-state index in [2.05, 4.69) is 10.3 Å². The quantitative estimate of drug-likeness (QED) is 0.436. The number of rotatable bonds is 5. The Bertz CT molecular complexity index is 1390. The van der Waals surface area contributed by atoms with E-state index >= 15 is 0 Å². The minimum absolute atomic E-state index is 0.223. The second-order valence-corrected chi connectivity index (χ2v) is 8.66. The second kappa shape index (κ2) is 8.94. The number of esters is 1. The molecule has 2 aromatic heterocycles. The van der Waals surface area contributed by atoms with Crippen molar-refractivity contribution in [1.29, 1.82) is 0 Å². The Morgan fingerprint density at radius 2 is 1.94 bits per heavy atom. The number of hydrogen-bond donors (Lipinski definition) is 1. The van der Waals surface area contributed by atoms with E-state index < -0.39 is 11.9 Å². The molecule has 2 aromatic carbocycles. The third kappa shape index (κ3) is 4.28. The van der Waals surface area contributed by atoms with Crippen molar-refractivity contribution in [1.82, 2.24) is 9.55 Å². The lowest BCUT2D eigenvalue weighted by Gasteiger charge is -2.09. The molecule has 0 atom stereocenters. The summed E-state index contributed by atoms with van der Waals surface area (Å²) in [4.78, 5) is 43.5. The highest BCUT2D eigenvalue weighted by molar-refractivity contribution is 7.19. The molecular formula is C23H18ClN3O4S. The van der Waals surface area contributed by atoms with Crippen LogP contribution >= 0.6 is 22.9 Å². The van der Waals surface area contributed by atoms with E-state index in [1.165, 1.54) is 35.4 Å². The van der Waals surface area contributed by atoms with E-state index in [4.69, 9.17) is 16.3 Å². The zero-order valence-corrected chi connectivity index (χ0v) is 18.8. The molecule has 0 fully saturated rings. The van der Waals surface area contributed by atoms with Gasteiger partial charge < -0.3 is 10.1 Å². The molecule has 0 saturated carbocycles. The lowest BCUT2D eigenvalue weighted by molar-refractivity contribution is -0.116. The number of nitrogens with one attached hydrogen (secondary N) is 1. The molecule has 1 N–H and O–H groups in total. The van der Waals surface area contributed by atoms with Gasteiger partial charge in [0.25, 0.3) is 5.56 Å². The zero-order valence-electron chi connectivity index (χ0n) is 17.2. The van der Waals surface area contributed by atoms with Gasteiger partial charge in [-0.2, -0.15) is 0 Å². The van der Waals surface area contributed by atoms with Gasteiger partial charge in [-0.3, -0.25) is 14.2 Å². The molecule has 0 aliphatic heterocycles. The third-order valence-corrected chi connectivity index (χ3v) is 6.13. The average molecular weight is 468 g/mol. The highest BCUT2D eigenvalue weighted by atomic mass is 35.5. The van der Waals surface area contributed by atoms with Crippen LogP contribution in [0.1, 0.15) is 15.2 Å². The number of halogens is 1. The molecule has 4 aromatic rings. The number of carbonyl (C=O) groups excluding carboxylic acids is 2. The van der Waals surface area contributed by atoms with E-state index in [1.54, 1.807) is 30.3 Å². The predicted octanol–water partition coefficient (Wildman–Crippen LogP) is 4.51. The average Bonchev–Trinajstić information content (AvgIpc) is 3.12. The fraction of sp³-hybridized carbons (Fsp3) is 0.130. The van der Waals surface area contributed by atoms with Gasteiger partial charge in [0.05, 0.1) is 24.4 Å². The van der Waals surface area contributed by atoms with Crippen molar-refractivity contribution >= 4 is 50.7 Å². The Labute approximate surface area is 192 Å². The number of hydrogen-bond acceptors (Lipinski definition) is 6. The number of anilines is 1. The monoisotopic (exact) mass is 467 g/mol. The topological polar surface area (TPSA) is 90.3 Å². The first kappa shape index (κ1) is 21.7. The Kier molecular flexibility index (Phi) is 6.07. The predicted molar refractivity (Wildman–Crippen MR) is 125 cm³/mol. The van der Waals surface area contributed by atoms with Crippen LogP contribution in [0.5, 0.6) is 0 Å². The molecule has 1 amide bonds. The molecule has 2 heterocycles. The first-order chi connectivity index (χ1) is 15.4. The van der Waals surface area contributed by atoms with Gasteiger partial charge in [-0.1, -0.05) is 29.8 Å². The van der Waals surface area contributed by atoms with Crippen LogP contribution in [-0.4, -0.2) is 28.5 Å². The van der Waals surface area contributed by atoms with Gasteiger partial charge in [-0.15, -0.1) is 11.3 Å². The standard InChI is InChI=1S/C23H18ClN3O4S/c1-13-19(14-6-8-16(24)9-7-14)20-21(32-13)25-12-27(22(20)29)11-18(28)26-17-5-3-4-15(10-17)23(30)31-2/h3-10,12H,11H2,1-2H3,(H,26,28). The highest BCUT2D eigenvalue weighted by Crippen LogP contribution is 2.35. The number of amides is 1. The third-order valence-electron chi connectivity index (χ3n) is 4.87. The van der Waals surface area contributed by atoms with Crippen molar-refractivity contribution in [2.45, 2.75) is 13.5 Å². The number of nitrogens with zero attached hydrogens (tertiary/aromatic N) is 2. The Balaban J connectivity index is 1.64. The molecular weight excluding hydrogens is 450 g/mol. The van der Waals surface area contributed by atoms with Crippen molar-refractivity contribution in [2.75, 3.05) is 12.4 Å². The van der Waals surface area contributed by atoms with E-state index in [-0.39, 0.29) is 12.1 Å². The molecule has 7 nitrogen and oxygen atoms in total. The molecule has 32 heavy (non-hydrogen) atoms. The van der Waals surface area contributed by atoms with E-state index in [1.807, 2.05) is 19.1 Å². The first-order valence-electron chi connectivity index (χ1n) is 9.60. The van der Waals surface area contributed by atoms with Crippen LogP contribution in [0.4, 0.5) is 5.69 Å². The van der Waals surface area contributed by atoms with E-state index in [0.29, 0.717) is 26.5 Å². The second-order valence-electron chi connectivity index (χ2n) is 7.02. The van der Waals surface area contributed by atoms with Crippen molar-refractivity contribution in [2.24, 2.45) is 0 Å². The van der Waals surface area contributed by atoms with Crippen molar-refractivity contribution in [3.8, 4) is 11.1 Å². The molecule has 0 spiro atoms. The van der Waals surface area contributed by atoms with Crippen LogP contribution in [0, 0.1) is 6.92 Å². The first-order valence-corrected chi connectivity index (χ1v) is 10.8. The summed E-state index contributed by atoms with van der Waals surface area (Å²) in [5.41, 5.74) is 2.08. The molecule has 9 heteroatoms. The molecule has 0 aliphatic rings. The molecule has 4 rings (SSSR count). The maximum absolute atomic E-state index is 13.2. The summed E-state index contributed by atoms with van der Waals surface area (Å²) < 4.78 is 5.96. The SMILES string of the molecule is COC(=O)c1cccc(NC(=O)Cn2cnc3sc(C)c(-c4ccc(Cl)cc4)c3c2=O)c1. The highest BCUT2D eigenvalue weighted by Gasteiger charge is 2.18. The number of aromatic nitrogens is 2. The summed E-state index contributed by atoms with van der Waals surface area (Å²) >= 11 is 7.43. The van der Waals surface area contributed by atoms with Gasteiger partial charge in [0.15, 0.2) is 0 Å². The number of aryl methyl sites for hydroxylation is 1. The van der Waals surface area contributed by atoms with Gasteiger partial charge in [-0.05, 0) is 42.8 Å². The minimum atomic E-state index is -0.505. The largest absolute Gasteiger partial charge is 0.465 e. The normalized spacial score (nSPS) is 10.8. The number of thiophene rings is 1. The molecule has 162 valence electrons. The van der Waals surface area contributed by atoms with Crippen LogP contribution in [0.3, 0.4) is 0 Å². The van der Waals surface area contributed by atoms with Gasteiger partial charge in [0.2, 0.25) is 5.91 Å². The Morgan fingerprint density at radius 3 is 2.66 bits per heavy atom. The minimum Gasteiger partial charge on any atom is -0.465 e. The molecule has 0 radical (unpaired) electrons. The fourth-order valence-electron chi connectivity index (χ4n) is 3.41. The maximum Gasteiger partial charge on any atom is 0.337 e. The van der Waals surface area contributed by atoms with E-state index in [9.17, 15) is 14.4 Å². The van der Waals surface area contributed by atoms with Crippen LogP contribution in [-0.2, 0) is 16.1 Å². The van der Waals surface area contributed by atoms with Crippen LogP contribution in [0.25, 0.3) is 21.3 Å². The van der Waals surface area contributed by atoms with Crippen molar-refractivity contribution < 1.29 is 14.3 Å². The van der Waals surface area contributed by atoms with Crippen LogP contribution < -0.4 is 10.9 Å².